The summed E-state index contributed by atoms with van der Waals surface area (Å²) in [6.07, 6.45) is 0.682. The highest BCUT2D eigenvalue weighted by Gasteiger charge is 2.47. The number of hydrogen-bond donors (Lipinski definition) is 2. The van der Waals surface area contributed by atoms with Crippen molar-refractivity contribution in [3.63, 3.8) is 0 Å². The van der Waals surface area contributed by atoms with Crippen LogP contribution in [0.3, 0.4) is 0 Å². The summed E-state index contributed by atoms with van der Waals surface area (Å²) in [6, 6.07) is 22.4. The number of carbonyl (C=O) groups excluding carboxylic acids is 3. The Morgan fingerprint density at radius 3 is 2.20 bits per heavy atom. The lowest BCUT2D eigenvalue weighted by Gasteiger charge is -2.43. The third kappa shape index (κ3) is 4.97. The minimum absolute atomic E-state index is 0.173. The Hall–Kier alpha value is -4.11. The zero-order chi connectivity index (χ0) is 27.9. The van der Waals surface area contributed by atoms with Gasteiger partial charge in [0.25, 0.3) is 11.8 Å². The molecule has 0 bridgehead atoms. The summed E-state index contributed by atoms with van der Waals surface area (Å²) >= 11 is 0. The molecule has 2 saturated heterocycles. The highest BCUT2D eigenvalue weighted by Crippen LogP contribution is 2.38. The van der Waals surface area contributed by atoms with Crippen molar-refractivity contribution in [3.05, 3.63) is 101 Å². The van der Waals surface area contributed by atoms with Gasteiger partial charge in [0.2, 0.25) is 11.8 Å². The zero-order valence-electron chi connectivity index (χ0n) is 21.9. The molecule has 0 radical (unpaired) electrons. The maximum Gasteiger partial charge on any atom is 0.280 e. The van der Waals surface area contributed by atoms with Crippen LogP contribution in [0.4, 0.5) is 14.5 Å². The number of benzene rings is 3. The highest BCUT2D eigenvalue weighted by atomic mass is 19.3. The molecule has 2 fully saturated rings. The Kier molecular flexibility index (Phi) is 6.83. The van der Waals surface area contributed by atoms with Crippen LogP contribution in [-0.2, 0) is 16.1 Å². The minimum atomic E-state index is -3.01. The molecule has 9 heteroatoms. The zero-order valence-corrected chi connectivity index (χ0v) is 21.9. The van der Waals surface area contributed by atoms with Crippen molar-refractivity contribution in [3.8, 4) is 0 Å². The number of carbonyl (C=O) groups is 3. The van der Waals surface area contributed by atoms with Crippen LogP contribution in [-0.4, -0.2) is 58.6 Å². The number of fused-ring (bicyclic) bond motifs is 1. The van der Waals surface area contributed by atoms with E-state index in [0.717, 1.165) is 11.1 Å². The van der Waals surface area contributed by atoms with Gasteiger partial charge in [0.05, 0.1) is 18.6 Å². The van der Waals surface area contributed by atoms with Crippen LogP contribution in [0, 0.1) is 0 Å². The first kappa shape index (κ1) is 26.1. The van der Waals surface area contributed by atoms with Crippen LogP contribution < -0.4 is 10.6 Å². The normalized spacial score (nSPS) is 22.8. The molecule has 2 atom stereocenters. The number of halogens is 2. The third-order valence-electron chi connectivity index (χ3n) is 8.09. The summed E-state index contributed by atoms with van der Waals surface area (Å²) in [6.45, 7) is 0.279. The van der Waals surface area contributed by atoms with E-state index in [2.05, 4.69) is 10.6 Å². The molecule has 3 aromatic rings. The van der Waals surface area contributed by atoms with Gasteiger partial charge in [0, 0.05) is 30.8 Å². The van der Waals surface area contributed by atoms with Crippen LogP contribution in [0.25, 0.3) is 0 Å². The molecule has 0 spiro atoms. The first-order valence-electron chi connectivity index (χ1n) is 13.6. The summed E-state index contributed by atoms with van der Waals surface area (Å²) in [4.78, 5) is 40.1. The molecule has 0 aromatic heterocycles. The highest BCUT2D eigenvalue weighted by molar-refractivity contribution is 6.05. The molecule has 1 unspecified atom stereocenters. The summed E-state index contributed by atoms with van der Waals surface area (Å²) < 4.78 is 31.3. The van der Waals surface area contributed by atoms with Gasteiger partial charge in [-0.3, -0.25) is 24.6 Å². The second-order valence-electron chi connectivity index (χ2n) is 10.7. The predicted molar refractivity (Wildman–Crippen MR) is 146 cm³/mol. The smallest absolute Gasteiger partial charge is 0.280 e. The fourth-order valence-electron chi connectivity index (χ4n) is 6.11. The minimum Gasteiger partial charge on any atom is -0.376 e. The van der Waals surface area contributed by atoms with E-state index in [-0.39, 0.29) is 43.7 Å². The molecule has 3 aromatic carbocycles. The summed E-state index contributed by atoms with van der Waals surface area (Å²) in [5.41, 5.74) is 3.58. The molecule has 3 aliphatic rings. The van der Waals surface area contributed by atoms with E-state index in [1.54, 1.807) is 18.2 Å². The van der Waals surface area contributed by atoms with Crippen molar-refractivity contribution in [1.82, 2.24) is 15.1 Å². The van der Waals surface area contributed by atoms with Crippen molar-refractivity contribution >= 4 is 23.4 Å². The lowest BCUT2D eigenvalue weighted by atomic mass is 9.92. The average molecular weight is 545 g/mol. The molecule has 0 saturated carbocycles. The van der Waals surface area contributed by atoms with Crippen LogP contribution in [0.15, 0.2) is 78.9 Å². The quantitative estimate of drug-likeness (QED) is 0.451. The van der Waals surface area contributed by atoms with Gasteiger partial charge in [-0.25, -0.2) is 8.78 Å². The molecule has 6 rings (SSSR count). The SMILES string of the molecule is O=C1CCC(N2Cc3cc(N[C@H]4CCN(C(c5ccccc5)c5ccccc5)CC4(F)F)ccc3C2=O)C(=O)N1. The Bertz CT molecular complexity index is 1390. The summed E-state index contributed by atoms with van der Waals surface area (Å²) in [7, 11) is 0. The number of imide groups is 1. The molecule has 0 aliphatic carbocycles. The Morgan fingerprint density at radius 2 is 1.57 bits per heavy atom. The monoisotopic (exact) mass is 544 g/mol. The first-order valence-corrected chi connectivity index (χ1v) is 13.6. The van der Waals surface area contributed by atoms with Crippen molar-refractivity contribution in [2.45, 2.75) is 49.9 Å². The van der Waals surface area contributed by atoms with Crippen molar-refractivity contribution in [2.24, 2.45) is 0 Å². The maximum atomic E-state index is 15.7. The molecule has 7 nitrogen and oxygen atoms in total. The Labute approximate surface area is 231 Å². The number of nitrogens with zero attached hydrogens (tertiary/aromatic N) is 2. The largest absolute Gasteiger partial charge is 0.376 e. The first-order chi connectivity index (χ1) is 19.3. The van der Waals surface area contributed by atoms with E-state index in [9.17, 15) is 14.4 Å². The molecular formula is C31H30F2N4O3. The van der Waals surface area contributed by atoms with Gasteiger partial charge in [-0.15, -0.1) is 0 Å². The number of nitrogens with one attached hydrogen (secondary N) is 2. The molecule has 3 heterocycles. The van der Waals surface area contributed by atoms with Crippen LogP contribution in [0.1, 0.15) is 52.4 Å². The predicted octanol–water partition coefficient (Wildman–Crippen LogP) is 4.36. The van der Waals surface area contributed by atoms with Crippen molar-refractivity contribution in [1.29, 1.82) is 0 Å². The van der Waals surface area contributed by atoms with Gasteiger partial charge in [0.1, 0.15) is 6.04 Å². The Morgan fingerprint density at radius 1 is 0.900 bits per heavy atom. The van der Waals surface area contributed by atoms with Gasteiger partial charge in [-0.05, 0) is 47.7 Å². The Balaban J connectivity index is 1.17. The van der Waals surface area contributed by atoms with Gasteiger partial charge in [-0.1, -0.05) is 60.7 Å². The third-order valence-corrected chi connectivity index (χ3v) is 8.09. The number of alkyl halides is 2. The lowest BCUT2D eigenvalue weighted by Crippen LogP contribution is -2.55. The van der Waals surface area contributed by atoms with Crippen molar-refractivity contribution in [2.75, 3.05) is 18.4 Å². The van der Waals surface area contributed by atoms with Gasteiger partial charge in [0.15, 0.2) is 0 Å². The van der Waals surface area contributed by atoms with Crippen LogP contribution in [0.5, 0.6) is 0 Å². The molecular weight excluding hydrogens is 514 g/mol. The van der Waals surface area contributed by atoms with Gasteiger partial charge < -0.3 is 10.2 Å². The summed E-state index contributed by atoms with van der Waals surface area (Å²) in [5, 5.41) is 5.32. The number of anilines is 1. The number of hydrogen-bond acceptors (Lipinski definition) is 5. The van der Waals surface area contributed by atoms with Crippen molar-refractivity contribution < 1.29 is 23.2 Å². The number of amides is 3. The number of likely N-dealkylation sites (tertiary alicyclic amines) is 1. The lowest BCUT2D eigenvalue weighted by molar-refractivity contribution is -0.136. The standard InChI is InChI=1S/C31H30F2N4O3/c32-31(33)19-36(28(20-7-3-1-4-8-20)21-9-5-2-6-10-21)16-15-26(31)34-23-11-12-24-22(17-23)18-37(30(24)40)25-13-14-27(38)35-29(25)39/h1-12,17,25-26,28,34H,13-16,18-19H2,(H,35,38,39)/t25?,26-/m0/s1. The topological polar surface area (TPSA) is 81.8 Å². The van der Waals surface area contributed by atoms with Gasteiger partial charge >= 0.3 is 0 Å². The van der Waals surface area contributed by atoms with E-state index in [0.29, 0.717) is 23.4 Å². The number of rotatable bonds is 6. The maximum absolute atomic E-state index is 15.7. The van der Waals surface area contributed by atoms with E-state index in [1.807, 2.05) is 65.6 Å². The molecule has 206 valence electrons. The fraction of sp³-hybridized carbons (Fsp3) is 0.323. The second-order valence-corrected chi connectivity index (χ2v) is 10.7. The second kappa shape index (κ2) is 10.5. The summed E-state index contributed by atoms with van der Waals surface area (Å²) in [5.74, 6) is -4.12. The molecule has 3 amide bonds. The van der Waals surface area contributed by atoms with E-state index >= 15 is 8.78 Å². The fourth-order valence-corrected chi connectivity index (χ4v) is 6.11. The van der Waals surface area contributed by atoms with E-state index in [1.165, 1.54) is 4.90 Å². The van der Waals surface area contributed by atoms with E-state index in [4.69, 9.17) is 0 Å². The van der Waals surface area contributed by atoms with E-state index < -0.39 is 30.5 Å². The average Bonchev–Trinajstić information content (AvgIpc) is 3.26. The van der Waals surface area contributed by atoms with Crippen LogP contribution in [0.2, 0.25) is 0 Å². The van der Waals surface area contributed by atoms with Gasteiger partial charge in [-0.2, -0.15) is 0 Å². The molecule has 40 heavy (non-hydrogen) atoms. The molecule has 3 aliphatic heterocycles. The molecule has 2 N–H and O–H groups in total. The van der Waals surface area contributed by atoms with Crippen LogP contribution >= 0.6 is 0 Å². The number of piperidine rings is 2.